The van der Waals surface area contributed by atoms with Gasteiger partial charge < -0.3 is 0 Å². The van der Waals surface area contributed by atoms with Crippen molar-refractivity contribution in [1.29, 1.82) is 0 Å². The van der Waals surface area contributed by atoms with Crippen LogP contribution in [0.15, 0.2) is 9.63 Å². The van der Waals surface area contributed by atoms with E-state index in [2.05, 4.69) is 59.6 Å². The van der Waals surface area contributed by atoms with Crippen LogP contribution >= 0.6 is 64.0 Å². The van der Waals surface area contributed by atoms with Crippen molar-refractivity contribution < 1.29 is 0 Å². The molecule has 0 aromatic heterocycles. The summed E-state index contributed by atoms with van der Waals surface area (Å²) in [5, 5.41) is -0.256. The molecule has 0 aromatic rings. The Morgan fingerprint density at radius 1 is 1.67 bits per heavy atom. The zero-order chi connectivity index (χ0) is 7.28. The monoisotopic (exact) mass is 354 g/mol. The van der Waals surface area contributed by atoms with E-state index in [1.165, 1.54) is 3.81 Å². The van der Waals surface area contributed by atoms with Crippen LogP contribution in [0.4, 0.5) is 0 Å². The van der Waals surface area contributed by atoms with Crippen molar-refractivity contribution >= 4 is 64.0 Å². The molecule has 0 saturated carbocycles. The average molecular weight is 357 g/mol. The number of thioether (sulfide) groups is 1. The molecule has 0 bridgehead atoms. The van der Waals surface area contributed by atoms with Gasteiger partial charge in [0.25, 0.3) is 0 Å². The zero-order valence-corrected chi connectivity index (χ0v) is 11.2. The third-order valence-electron chi connectivity index (χ3n) is 0.481. The van der Waals surface area contributed by atoms with Gasteiger partial charge in [0.15, 0.2) is 0 Å². The standard InChI is InChI=1S/C4H6Br3PS/c1-2-9-4(5)3-8(6)7/h3H,2H2,1H3/b4-3-. The van der Waals surface area contributed by atoms with Crippen LogP contribution in [0, 0.1) is 0 Å². The van der Waals surface area contributed by atoms with Gasteiger partial charge in [-0.25, -0.2) is 0 Å². The highest BCUT2D eigenvalue weighted by atomic mass is 79.9. The van der Waals surface area contributed by atoms with Crippen LogP contribution in [0.1, 0.15) is 6.92 Å². The van der Waals surface area contributed by atoms with Crippen LogP contribution in [0.25, 0.3) is 0 Å². The highest BCUT2D eigenvalue weighted by Crippen LogP contribution is 2.55. The summed E-state index contributed by atoms with van der Waals surface area (Å²) in [6, 6.07) is 0. The van der Waals surface area contributed by atoms with Crippen molar-refractivity contribution in [3.63, 3.8) is 0 Å². The van der Waals surface area contributed by atoms with Crippen LogP contribution in [0.5, 0.6) is 0 Å². The van der Waals surface area contributed by atoms with Crippen LogP contribution in [0.3, 0.4) is 0 Å². The molecule has 5 heteroatoms. The molecule has 0 atom stereocenters. The van der Waals surface area contributed by atoms with Gasteiger partial charge in [-0.1, -0.05) is 6.92 Å². The van der Waals surface area contributed by atoms with E-state index in [4.69, 9.17) is 0 Å². The topological polar surface area (TPSA) is 0 Å². The van der Waals surface area contributed by atoms with Gasteiger partial charge >= 0.3 is 0 Å². The molecular weight excluding hydrogens is 351 g/mol. The molecule has 0 aliphatic heterocycles. The summed E-state index contributed by atoms with van der Waals surface area (Å²) >= 11 is 12.0. The van der Waals surface area contributed by atoms with E-state index in [9.17, 15) is 0 Å². The molecular formula is C4H6Br3PS. The highest BCUT2D eigenvalue weighted by Gasteiger charge is 1.94. The van der Waals surface area contributed by atoms with Gasteiger partial charge in [-0.2, -0.15) is 0 Å². The third kappa shape index (κ3) is 7.86. The smallest absolute Gasteiger partial charge is 0.0597 e. The lowest BCUT2D eigenvalue weighted by Gasteiger charge is -1.94. The molecule has 0 amide bonds. The first-order valence-electron chi connectivity index (χ1n) is 2.27. The molecule has 0 fully saturated rings. The normalized spacial score (nSPS) is 12.8. The summed E-state index contributed by atoms with van der Waals surface area (Å²) in [6.45, 7) is 2.13. The summed E-state index contributed by atoms with van der Waals surface area (Å²) in [6.07, 6.45) is 0. The Labute approximate surface area is 85.6 Å². The third-order valence-corrected chi connectivity index (χ3v) is 4.29. The average Bonchev–Trinajstić information content (AvgIpc) is 1.63. The fourth-order valence-corrected chi connectivity index (χ4v) is 6.29. The molecule has 0 radical (unpaired) electrons. The number of rotatable bonds is 3. The van der Waals surface area contributed by atoms with Crippen LogP contribution in [-0.4, -0.2) is 5.75 Å². The van der Waals surface area contributed by atoms with Crippen LogP contribution < -0.4 is 0 Å². The molecule has 0 aromatic carbocycles. The minimum absolute atomic E-state index is 0.256. The summed E-state index contributed by atoms with van der Waals surface area (Å²) in [4.78, 5) is 0. The first-order chi connectivity index (χ1) is 4.16. The van der Waals surface area contributed by atoms with E-state index in [1.807, 2.05) is 0 Å². The molecule has 0 nitrogen and oxygen atoms in total. The largest absolute Gasteiger partial charge is 0.119 e. The van der Waals surface area contributed by atoms with E-state index in [-0.39, 0.29) is 5.33 Å². The van der Waals surface area contributed by atoms with Gasteiger partial charge in [0, 0.05) is 0 Å². The van der Waals surface area contributed by atoms with Crippen molar-refractivity contribution in [2.24, 2.45) is 0 Å². The van der Waals surface area contributed by atoms with Gasteiger partial charge in [-0.05, 0) is 58.5 Å². The SMILES string of the molecule is CCS/C(Br)=C\P(Br)Br. The van der Waals surface area contributed by atoms with Crippen molar-refractivity contribution in [1.82, 2.24) is 0 Å². The Morgan fingerprint density at radius 2 is 2.22 bits per heavy atom. The van der Waals surface area contributed by atoms with Gasteiger partial charge in [0.1, 0.15) is 0 Å². The van der Waals surface area contributed by atoms with Gasteiger partial charge in [0.2, 0.25) is 0 Å². The van der Waals surface area contributed by atoms with Crippen molar-refractivity contribution in [3.8, 4) is 0 Å². The summed E-state index contributed by atoms with van der Waals surface area (Å²) in [5.41, 5.74) is 0. The first-order valence-corrected chi connectivity index (χ1v) is 9.50. The first kappa shape index (κ1) is 11.0. The Morgan fingerprint density at radius 3 is 2.56 bits per heavy atom. The van der Waals surface area contributed by atoms with Crippen molar-refractivity contribution in [2.75, 3.05) is 5.75 Å². The molecule has 0 rings (SSSR count). The maximum atomic E-state index is 3.42. The van der Waals surface area contributed by atoms with Gasteiger partial charge in [-0.3, -0.25) is 0 Å². The van der Waals surface area contributed by atoms with Crippen LogP contribution in [0.2, 0.25) is 0 Å². The molecule has 0 spiro atoms. The van der Waals surface area contributed by atoms with Gasteiger partial charge in [0.05, 0.1) is 9.14 Å². The second-order valence-corrected chi connectivity index (χ2v) is 12.0. The molecule has 9 heavy (non-hydrogen) atoms. The maximum absolute atomic E-state index is 3.42. The van der Waals surface area contributed by atoms with E-state index in [0.29, 0.717) is 0 Å². The number of hydrogen-bond donors (Lipinski definition) is 0. The van der Waals surface area contributed by atoms with E-state index in [1.54, 1.807) is 11.8 Å². The zero-order valence-electron chi connectivity index (χ0n) is 4.77. The summed E-state index contributed by atoms with van der Waals surface area (Å²) in [5.74, 6) is 3.23. The second kappa shape index (κ2) is 6.66. The second-order valence-electron chi connectivity index (χ2n) is 1.13. The highest BCUT2D eigenvalue weighted by molar-refractivity contribution is 9.69. The number of hydrogen-bond acceptors (Lipinski definition) is 1. The van der Waals surface area contributed by atoms with E-state index < -0.39 is 0 Å². The fraction of sp³-hybridized carbons (Fsp3) is 0.500. The molecule has 0 unspecified atom stereocenters. The number of halogens is 3. The molecule has 54 valence electrons. The quantitative estimate of drug-likeness (QED) is 0.639. The molecule has 0 heterocycles. The summed E-state index contributed by atoms with van der Waals surface area (Å²) < 4.78 is 1.20. The minimum atomic E-state index is -0.256. The van der Waals surface area contributed by atoms with Crippen molar-refractivity contribution in [2.45, 2.75) is 6.92 Å². The summed E-state index contributed by atoms with van der Waals surface area (Å²) in [7, 11) is 0. The van der Waals surface area contributed by atoms with E-state index in [0.717, 1.165) is 5.75 Å². The Balaban J connectivity index is 3.55. The van der Waals surface area contributed by atoms with Crippen LogP contribution in [-0.2, 0) is 0 Å². The minimum Gasteiger partial charge on any atom is -0.119 e. The molecule has 0 N–H and O–H groups in total. The lowest BCUT2D eigenvalue weighted by molar-refractivity contribution is 1.54. The Bertz CT molecular complexity index is 104. The van der Waals surface area contributed by atoms with E-state index >= 15 is 0 Å². The predicted octanol–water partition coefficient (Wildman–Crippen LogP) is 5.04. The maximum Gasteiger partial charge on any atom is 0.0597 e. The molecule has 0 aliphatic carbocycles. The van der Waals surface area contributed by atoms with Crippen molar-refractivity contribution in [3.05, 3.63) is 9.63 Å². The lowest BCUT2D eigenvalue weighted by Crippen LogP contribution is -1.61. The fourth-order valence-electron chi connectivity index (χ4n) is 0.252. The van der Waals surface area contributed by atoms with Gasteiger partial charge in [-0.15, -0.1) is 11.8 Å². The molecule has 0 aliphatic rings. The Hall–Kier alpha value is 1.96. The lowest BCUT2D eigenvalue weighted by atomic mass is 11.0. The predicted molar refractivity (Wildman–Crippen MR) is 59.9 cm³/mol. The Kier molecular flexibility index (Phi) is 8.11. The molecule has 0 saturated heterocycles.